The van der Waals surface area contributed by atoms with Gasteiger partial charge in [0.15, 0.2) is 11.7 Å². The number of guanidine groups is 2. The Morgan fingerprint density at radius 3 is 2.12 bits per heavy atom. The highest BCUT2D eigenvalue weighted by molar-refractivity contribution is 5.95. The maximum Gasteiger partial charge on any atom is 0.223 e. The van der Waals surface area contributed by atoms with Crippen LogP contribution in [-0.4, -0.2) is 17.7 Å². The van der Waals surface area contributed by atoms with E-state index in [1.165, 1.54) is 6.92 Å². The van der Waals surface area contributed by atoms with E-state index in [2.05, 4.69) is 9.98 Å². The van der Waals surface area contributed by atoms with Gasteiger partial charge in [0.05, 0.1) is 5.69 Å². The molecule has 6 heteroatoms. The molecule has 1 aromatic rings. The molecule has 0 heterocycles. The van der Waals surface area contributed by atoms with Gasteiger partial charge < -0.3 is 17.2 Å². The van der Waals surface area contributed by atoms with Gasteiger partial charge in [-0.2, -0.15) is 4.99 Å². The van der Waals surface area contributed by atoms with Crippen molar-refractivity contribution in [1.82, 2.24) is 0 Å². The third-order valence-corrected chi connectivity index (χ3v) is 1.76. The van der Waals surface area contributed by atoms with Crippen molar-refractivity contribution in [2.45, 2.75) is 6.92 Å². The number of hydrogen-bond acceptors (Lipinski definition) is 2. The third-order valence-electron chi connectivity index (χ3n) is 1.76. The van der Waals surface area contributed by atoms with Crippen molar-refractivity contribution in [3.05, 3.63) is 29.8 Å². The molecule has 0 saturated carbocycles. The van der Waals surface area contributed by atoms with Crippen molar-refractivity contribution in [2.24, 2.45) is 27.2 Å². The predicted octanol–water partition coefficient (Wildman–Crippen LogP) is 0.109. The Balaban J connectivity index is 2.91. The van der Waals surface area contributed by atoms with Crippen LogP contribution in [0.3, 0.4) is 0 Å². The Bertz CT molecular complexity index is 443. The highest BCUT2D eigenvalue weighted by Gasteiger charge is 1.98. The first kappa shape index (κ1) is 11.7. The smallest absolute Gasteiger partial charge is 0.223 e. The molecule has 6 N–H and O–H groups in total. The Morgan fingerprint density at radius 2 is 1.69 bits per heavy atom. The molecule has 0 bridgehead atoms. The quantitative estimate of drug-likeness (QED) is 0.371. The molecule has 0 aliphatic rings. The summed E-state index contributed by atoms with van der Waals surface area (Å²) in [6, 6.07) is 6.63. The molecular weight excluding hydrogens is 206 g/mol. The topological polar surface area (TPSA) is 120 Å². The molecule has 84 valence electrons. The van der Waals surface area contributed by atoms with E-state index in [-0.39, 0.29) is 17.7 Å². The SMILES string of the molecule is CC(=O)c1ccc(N=C(N)N=C(N)N)cc1. The van der Waals surface area contributed by atoms with Gasteiger partial charge >= 0.3 is 0 Å². The minimum Gasteiger partial charge on any atom is -0.370 e. The fourth-order valence-electron chi connectivity index (χ4n) is 1.06. The summed E-state index contributed by atoms with van der Waals surface area (Å²) in [7, 11) is 0. The largest absolute Gasteiger partial charge is 0.370 e. The van der Waals surface area contributed by atoms with E-state index >= 15 is 0 Å². The molecule has 0 aliphatic carbocycles. The van der Waals surface area contributed by atoms with Crippen molar-refractivity contribution in [2.75, 3.05) is 0 Å². The lowest BCUT2D eigenvalue weighted by Gasteiger charge is -1.97. The Hall–Kier alpha value is -2.37. The number of hydrogen-bond donors (Lipinski definition) is 3. The molecule has 0 amide bonds. The molecule has 1 rings (SSSR count). The number of benzene rings is 1. The van der Waals surface area contributed by atoms with Gasteiger partial charge in [-0.1, -0.05) is 0 Å². The Labute approximate surface area is 92.9 Å². The lowest BCUT2D eigenvalue weighted by molar-refractivity contribution is 0.101. The fraction of sp³-hybridized carbons (Fsp3) is 0.100. The second-order valence-corrected chi connectivity index (χ2v) is 3.11. The summed E-state index contributed by atoms with van der Waals surface area (Å²) in [4.78, 5) is 18.5. The average molecular weight is 219 g/mol. The molecule has 0 radical (unpaired) electrons. The van der Waals surface area contributed by atoms with Crippen LogP contribution in [0.4, 0.5) is 5.69 Å². The number of carbonyl (C=O) groups excluding carboxylic acids is 1. The zero-order valence-electron chi connectivity index (χ0n) is 8.84. The van der Waals surface area contributed by atoms with Crippen molar-refractivity contribution < 1.29 is 4.79 Å². The van der Waals surface area contributed by atoms with Gasteiger partial charge in [0, 0.05) is 5.56 Å². The fourth-order valence-corrected chi connectivity index (χ4v) is 1.06. The van der Waals surface area contributed by atoms with Crippen LogP contribution >= 0.6 is 0 Å². The summed E-state index contributed by atoms with van der Waals surface area (Å²) in [5.74, 6) is -0.190. The first-order valence-corrected chi connectivity index (χ1v) is 4.54. The van der Waals surface area contributed by atoms with Crippen molar-refractivity contribution in [3.63, 3.8) is 0 Å². The van der Waals surface area contributed by atoms with Gasteiger partial charge in [-0.3, -0.25) is 4.79 Å². The van der Waals surface area contributed by atoms with Gasteiger partial charge in [-0.05, 0) is 31.2 Å². The zero-order chi connectivity index (χ0) is 12.1. The number of rotatable bonds is 2. The highest BCUT2D eigenvalue weighted by Crippen LogP contribution is 2.13. The van der Waals surface area contributed by atoms with Gasteiger partial charge in [-0.15, -0.1) is 0 Å². The second-order valence-electron chi connectivity index (χ2n) is 3.11. The molecule has 0 aliphatic heterocycles. The molecule has 0 aromatic heterocycles. The Kier molecular flexibility index (Phi) is 3.60. The molecule has 6 nitrogen and oxygen atoms in total. The summed E-state index contributed by atoms with van der Waals surface area (Å²) in [5, 5.41) is 0. The normalized spacial score (nSPS) is 10.9. The number of aliphatic imine (C=N–C) groups is 2. The molecule has 0 unspecified atom stereocenters. The number of carbonyl (C=O) groups is 1. The van der Waals surface area contributed by atoms with E-state index < -0.39 is 0 Å². The van der Waals surface area contributed by atoms with Crippen molar-refractivity contribution in [3.8, 4) is 0 Å². The van der Waals surface area contributed by atoms with E-state index in [1.54, 1.807) is 24.3 Å². The maximum absolute atomic E-state index is 11.0. The van der Waals surface area contributed by atoms with E-state index in [0.717, 1.165) is 0 Å². The minimum absolute atomic E-state index is 0.00674. The number of nitrogens with two attached hydrogens (primary N) is 3. The minimum atomic E-state index is -0.151. The van der Waals surface area contributed by atoms with Crippen LogP contribution in [0.1, 0.15) is 17.3 Å². The molecule has 0 spiro atoms. The third kappa shape index (κ3) is 3.41. The average Bonchev–Trinajstić information content (AvgIpc) is 2.16. The highest BCUT2D eigenvalue weighted by atomic mass is 16.1. The van der Waals surface area contributed by atoms with Crippen LogP contribution in [0, 0.1) is 0 Å². The van der Waals surface area contributed by atoms with Crippen LogP contribution in [0.2, 0.25) is 0 Å². The van der Waals surface area contributed by atoms with Gasteiger partial charge in [-0.25, -0.2) is 4.99 Å². The first-order chi connectivity index (χ1) is 7.49. The number of Topliss-reactive ketones (excluding diaryl/α,β-unsaturated/α-hetero) is 1. The maximum atomic E-state index is 11.0. The zero-order valence-corrected chi connectivity index (χ0v) is 8.84. The molecule has 0 atom stereocenters. The predicted molar refractivity (Wildman–Crippen MR) is 63.5 cm³/mol. The summed E-state index contributed by atoms with van der Waals surface area (Å²) < 4.78 is 0. The van der Waals surface area contributed by atoms with Gasteiger partial charge in [0.1, 0.15) is 0 Å². The first-order valence-electron chi connectivity index (χ1n) is 4.54. The van der Waals surface area contributed by atoms with Crippen molar-refractivity contribution >= 4 is 23.4 Å². The molecular formula is C10H13N5O. The van der Waals surface area contributed by atoms with Crippen LogP contribution in [0.25, 0.3) is 0 Å². The number of nitrogens with zero attached hydrogens (tertiary/aromatic N) is 2. The van der Waals surface area contributed by atoms with Crippen LogP contribution in [0.15, 0.2) is 34.3 Å². The summed E-state index contributed by atoms with van der Waals surface area (Å²) in [6.07, 6.45) is 0. The lowest BCUT2D eigenvalue weighted by Crippen LogP contribution is -2.26. The van der Waals surface area contributed by atoms with Crippen LogP contribution < -0.4 is 17.2 Å². The van der Waals surface area contributed by atoms with E-state index in [0.29, 0.717) is 11.3 Å². The van der Waals surface area contributed by atoms with E-state index in [4.69, 9.17) is 17.2 Å². The van der Waals surface area contributed by atoms with Crippen LogP contribution in [0.5, 0.6) is 0 Å². The summed E-state index contributed by atoms with van der Waals surface area (Å²) in [6.45, 7) is 1.49. The van der Waals surface area contributed by atoms with E-state index in [1.807, 2.05) is 0 Å². The monoisotopic (exact) mass is 219 g/mol. The number of ketones is 1. The second kappa shape index (κ2) is 4.92. The van der Waals surface area contributed by atoms with Gasteiger partial charge in [0.2, 0.25) is 5.96 Å². The molecule has 0 saturated heterocycles. The van der Waals surface area contributed by atoms with E-state index in [9.17, 15) is 4.79 Å². The van der Waals surface area contributed by atoms with Gasteiger partial charge in [0.25, 0.3) is 0 Å². The standard InChI is InChI=1S/C10H13N5O/c1-6(16)7-2-4-8(5-3-7)14-10(13)15-9(11)12/h2-5H,1H3,(H6,11,12,13,14,15). The van der Waals surface area contributed by atoms with Crippen molar-refractivity contribution in [1.29, 1.82) is 0 Å². The Morgan fingerprint density at radius 1 is 1.12 bits per heavy atom. The summed E-state index contributed by atoms with van der Waals surface area (Å²) >= 11 is 0. The summed E-state index contributed by atoms with van der Waals surface area (Å²) in [5.41, 5.74) is 16.9. The molecule has 1 aromatic carbocycles. The molecule has 16 heavy (non-hydrogen) atoms. The molecule has 0 fully saturated rings. The van der Waals surface area contributed by atoms with Crippen LogP contribution in [-0.2, 0) is 0 Å². The lowest BCUT2D eigenvalue weighted by atomic mass is 10.1.